The normalized spacial score (nSPS) is 11.9. The molecule has 1 aromatic carbocycles. The maximum Gasteiger partial charge on any atom is 0.419 e. The number of benzene rings is 1. The van der Waals surface area contributed by atoms with Crippen LogP contribution in [0.5, 0.6) is 0 Å². The van der Waals surface area contributed by atoms with Crippen molar-refractivity contribution in [1.82, 2.24) is 9.55 Å². The van der Waals surface area contributed by atoms with Gasteiger partial charge in [-0.05, 0) is 57.5 Å². The topological polar surface area (TPSA) is 57.3 Å². The van der Waals surface area contributed by atoms with Crippen LogP contribution >= 0.6 is 11.3 Å². The number of ether oxygens (including phenoxy) is 1. The van der Waals surface area contributed by atoms with Crippen molar-refractivity contribution in [3.63, 3.8) is 0 Å². The standard InChI is InChI=1S/C21H20N2O3S/c1-13-7-8-14-11-18(25-17(14)10-13)15-12-27-19(22-15)16-6-5-9-23(16)20(24)26-21(2,3)4/h5-12H,1-4H3. The monoisotopic (exact) mass is 380 g/mol. The minimum Gasteiger partial charge on any atom is -0.454 e. The van der Waals surface area contributed by atoms with Crippen LogP contribution in [0.1, 0.15) is 26.3 Å². The summed E-state index contributed by atoms with van der Waals surface area (Å²) >= 11 is 1.47. The van der Waals surface area contributed by atoms with Gasteiger partial charge in [-0.25, -0.2) is 9.78 Å². The van der Waals surface area contributed by atoms with Crippen LogP contribution in [-0.4, -0.2) is 21.2 Å². The lowest BCUT2D eigenvalue weighted by molar-refractivity contribution is 0.0540. The van der Waals surface area contributed by atoms with Gasteiger partial charge in [-0.1, -0.05) is 12.1 Å². The summed E-state index contributed by atoms with van der Waals surface area (Å²) in [6, 6.07) is 11.8. The highest BCUT2D eigenvalue weighted by Crippen LogP contribution is 2.33. The molecule has 4 rings (SSSR count). The van der Waals surface area contributed by atoms with E-state index in [9.17, 15) is 4.79 Å². The van der Waals surface area contributed by atoms with E-state index < -0.39 is 11.7 Å². The number of carbonyl (C=O) groups is 1. The summed E-state index contributed by atoms with van der Waals surface area (Å²) < 4.78 is 12.9. The van der Waals surface area contributed by atoms with Crippen LogP contribution in [0.2, 0.25) is 0 Å². The molecule has 0 fully saturated rings. The van der Waals surface area contributed by atoms with Crippen molar-refractivity contribution in [2.45, 2.75) is 33.3 Å². The Morgan fingerprint density at radius 3 is 2.81 bits per heavy atom. The van der Waals surface area contributed by atoms with Gasteiger partial charge in [0.15, 0.2) is 5.76 Å². The van der Waals surface area contributed by atoms with Crippen LogP contribution in [-0.2, 0) is 4.74 Å². The SMILES string of the molecule is Cc1ccc2cc(-c3csc(-c4cccn4C(=O)OC(C)(C)C)n3)oc2c1. The Morgan fingerprint density at radius 2 is 2.04 bits per heavy atom. The number of thiazole rings is 1. The molecule has 0 unspecified atom stereocenters. The zero-order valence-electron chi connectivity index (χ0n) is 15.6. The molecule has 5 nitrogen and oxygen atoms in total. The largest absolute Gasteiger partial charge is 0.454 e. The molecule has 0 aliphatic heterocycles. The molecule has 0 bridgehead atoms. The smallest absolute Gasteiger partial charge is 0.419 e. The fourth-order valence-corrected chi connectivity index (χ4v) is 3.62. The zero-order valence-corrected chi connectivity index (χ0v) is 16.5. The van der Waals surface area contributed by atoms with Gasteiger partial charge in [-0.3, -0.25) is 4.57 Å². The number of fused-ring (bicyclic) bond motifs is 1. The number of aryl methyl sites for hydroxylation is 1. The molecule has 0 saturated carbocycles. The predicted molar refractivity (Wildman–Crippen MR) is 107 cm³/mol. The first-order valence-electron chi connectivity index (χ1n) is 8.67. The summed E-state index contributed by atoms with van der Waals surface area (Å²) in [5.41, 5.74) is 2.89. The van der Waals surface area contributed by atoms with Crippen molar-refractivity contribution in [2.24, 2.45) is 0 Å². The van der Waals surface area contributed by atoms with Gasteiger partial charge in [-0.15, -0.1) is 11.3 Å². The number of furan rings is 1. The van der Waals surface area contributed by atoms with Gasteiger partial charge in [0, 0.05) is 17.0 Å². The molecule has 0 aliphatic carbocycles. The van der Waals surface area contributed by atoms with E-state index in [0.29, 0.717) is 11.5 Å². The van der Waals surface area contributed by atoms with Crippen LogP contribution in [0.15, 0.2) is 52.4 Å². The molecular formula is C21H20N2O3S. The van der Waals surface area contributed by atoms with Crippen LogP contribution in [0.25, 0.3) is 33.1 Å². The molecule has 27 heavy (non-hydrogen) atoms. The summed E-state index contributed by atoms with van der Waals surface area (Å²) in [7, 11) is 0. The van der Waals surface area contributed by atoms with Crippen LogP contribution in [0.3, 0.4) is 0 Å². The molecule has 4 aromatic rings. The Hall–Kier alpha value is -2.86. The molecule has 0 radical (unpaired) electrons. The van der Waals surface area contributed by atoms with E-state index in [-0.39, 0.29) is 0 Å². The second-order valence-corrected chi connectivity index (χ2v) is 8.29. The lowest BCUT2D eigenvalue weighted by Gasteiger charge is -2.20. The Kier molecular flexibility index (Phi) is 4.15. The van der Waals surface area contributed by atoms with Crippen molar-refractivity contribution in [2.75, 3.05) is 0 Å². The fraction of sp³-hybridized carbons (Fsp3) is 0.238. The number of hydrogen-bond donors (Lipinski definition) is 0. The first-order valence-corrected chi connectivity index (χ1v) is 9.55. The van der Waals surface area contributed by atoms with E-state index >= 15 is 0 Å². The molecule has 138 valence electrons. The van der Waals surface area contributed by atoms with Gasteiger partial charge in [0.05, 0.1) is 5.69 Å². The van der Waals surface area contributed by atoms with E-state index in [1.54, 1.807) is 6.20 Å². The van der Waals surface area contributed by atoms with Gasteiger partial charge in [0.1, 0.15) is 21.9 Å². The van der Waals surface area contributed by atoms with E-state index in [1.165, 1.54) is 15.9 Å². The maximum atomic E-state index is 12.4. The number of aromatic nitrogens is 2. The molecule has 3 heterocycles. The second kappa shape index (κ2) is 6.39. The summed E-state index contributed by atoms with van der Waals surface area (Å²) in [5, 5.41) is 3.71. The highest BCUT2D eigenvalue weighted by atomic mass is 32.1. The summed E-state index contributed by atoms with van der Waals surface area (Å²) in [6.07, 6.45) is 1.27. The van der Waals surface area contributed by atoms with Crippen molar-refractivity contribution in [3.05, 3.63) is 53.5 Å². The summed E-state index contributed by atoms with van der Waals surface area (Å²) in [6.45, 7) is 7.57. The van der Waals surface area contributed by atoms with E-state index in [1.807, 2.05) is 63.4 Å². The lowest BCUT2D eigenvalue weighted by Crippen LogP contribution is -2.27. The zero-order chi connectivity index (χ0) is 19.2. The molecule has 0 saturated heterocycles. The lowest BCUT2D eigenvalue weighted by atomic mass is 10.2. The predicted octanol–water partition coefficient (Wildman–Crippen LogP) is 6.12. The number of nitrogens with zero attached hydrogens (tertiary/aromatic N) is 2. The Morgan fingerprint density at radius 1 is 1.22 bits per heavy atom. The minimum atomic E-state index is -0.556. The average molecular weight is 380 g/mol. The van der Waals surface area contributed by atoms with Gasteiger partial charge in [0.25, 0.3) is 0 Å². The molecule has 0 spiro atoms. The van der Waals surface area contributed by atoms with Crippen LogP contribution in [0, 0.1) is 6.92 Å². The van der Waals surface area contributed by atoms with Gasteiger partial charge >= 0.3 is 6.09 Å². The average Bonchev–Trinajstić information content (AvgIpc) is 3.30. The number of rotatable bonds is 2. The van der Waals surface area contributed by atoms with E-state index in [4.69, 9.17) is 9.15 Å². The van der Waals surface area contributed by atoms with Gasteiger partial charge in [-0.2, -0.15) is 0 Å². The van der Waals surface area contributed by atoms with Crippen molar-refractivity contribution >= 4 is 28.4 Å². The van der Waals surface area contributed by atoms with Crippen molar-refractivity contribution in [1.29, 1.82) is 0 Å². The minimum absolute atomic E-state index is 0.418. The van der Waals surface area contributed by atoms with Crippen molar-refractivity contribution in [3.8, 4) is 22.2 Å². The Labute approximate surface area is 161 Å². The van der Waals surface area contributed by atoms with Crippen LogP contribution in [0.4, 0.5) is 4.79 Å². The Bertz CT molecular complexity index is 1130. The maximum absolute atomic E-state index is 12.4. The number of carbonyl (C=O) groups excluding carboxylic acids is 1. The molecule has 6 heteroatoms. The van der Waals surface area contributed by atoms with Gasteiger partial charge in [0.2, 0.25) is 0 Å². The quantitative estimate of drug-likeness (QED) is 0.420. The fourth-order valence-electron chi connectivity index (χ4n) is 2.79. The highest BCUT2D eigenvalue weighted by molar-refractivity contribution is 7.13. The molecule has 0 N–H and O–H groups in total. The third-order valence-electron chi connectivity index (χ3n) is 3.99. The summed E-state index contributed by atoms with van der Waals surface area (Å²) in [4.78, 5) is 17.1. The Balaban J connectivity index is 1.67. The summed E-state index contributed by atoms with van der Waals surface area (Å²) in [5.74, 6) is 0.716. The molecule has 0 atom stereocenters. The third-order valence-corrected chi connectivity index (χ3v) is 4.86. The van der Waals surface area contributed by atoms with Crippen LogP contribution < -0.4 is 0 Å². The molecule has 0 aliphatic rings. The van der Waals surface area contributed by atoms with Crippen molar-refractivity contribution < 1.29 is 13.9 Å². The molecular weight excluding hydrogens is 360 g/mol. The second-order valence-electron chi connectivity index (χ2n) is 7.43. The van der Waals surface area contributed by atoms with E-state index in [2.05, 4.69) is 11.1 Å². The van der Waals surface area contributed by atoms with E-state index in [0.717, 1.165) is 27.2 Å². The number of hydrogen-bond acceptors (Lipinski definition) is 5. The highest BCUT2D eigenvalue weighted by Gasteiger charge is 2.21. The first-order chi connectivity index (χ1) is 12.8. The third kappa shape index (κ3) is 3.53. The molecule has 3 aromatic heterocycles. The molecule has 0 amide bonds. The van der Waals surface area contributed by atoms with Gasteiger partial charge < -0.3 is 9.15 Å². The first kappa shape index (κ1) is 17.5.